The Morgan fingerprint density at radius 1 is 1.12 bits per heavy atom. The van der Waals surface area contributed by atoms with E-state index < -0.39 is 0 Å². The van der Waals surface area contributed by atoms with Gasteiger partial charge in [-0.3, -0.25) is 14.4 Å². The molecule has 128 valence electrons. The number of piperidine rings is 1. The second kappa shape index (κ2) is 7.60. The van der Waals surface area contributed by atoms with Crippen molar-refractivity contribution in [2.45, 2.75) is 57.0 Å². The molecule has 5 nitrogen and oxygen atoms in total. The van der Waals surface area contributed by atoms with Crippen LogP contribution in [-0.4, -0.2) is 41.6 Å². The molecule has 0 radical (unpaired) electrons. The lowest BCUT2D eigenvalue weighted by atomic mass is 9.88. The van der Waals surface area contributed by atoms with Crippen molar-refractivity contribution in [1.29, 1.82) is 0 Å². The highest BCUT2D eigenvalue weighted by Gasteiger charge is 2.30. The smallest absolute Gasteiger partial charge is 0.252 e. The van der Waals surface area contributed by atoms with E-state index in [1.54, 1.807) is 24.3 Å². The summed E-state index contributed by atoms with van der Waals surface area (Å²) >= 11 is 0. The number of carbonyl (C=O) groups is 3. The molecule has 0 spiro atoms. The lowest BCUT2D eigenvalue weighted by Crippen LogP contribution is -2.47. The lowest BCUT2D eigenvalue weighted by molar-refractivity contribution is -0.136. The van der Waals surface area contributed by atoms with E-state index in [1.807, 2.05) is 4.90 Å². The van der Waals surface area contributed by atoms with Gasteiger partial charge in [0.15, 0.2) is 6.29 Å². The van der Waals surface area contributed by atoms with E-state index in [-0.39, 0.29) is 17.9 Å². The Bertz CT molecular complexity index is 621. The van der Waals surface area contributed by atoms with Gasteiger partial charge in [-0.15, -0.1) is 0 Å². The Morgan fingerprint density at radius 2 is 1.88 bits per heavy atom. The first-order valence-corrected chi connectivity index (χ1v) is 8.83. The van der Waals surface area contributed by atoms with Gasteiger partial charge in [-0.1, -0.05) is 18.2 Å². The number of carbonyl (C=O) groups excluding carboxylic acids is 3. The van der Waals surface area contributed by atoms with E-state index in [0.29, 0.717) is 29.9 Å². The summed E-state index contributed by atoms with van der Waals surface area (Å²) < 4.78 is 0. The number of hydrogen-bond acceptors (Lipinski definition) is 3. The summed E-state index contributed by atoms with van der Waals surface area (Å²) in [5.74, 6) is 0.101. The van der Waals surface area contributed by atoms with Crippen molar-refractivity contribution in [2.24, 2.45) is 0 Å². The molecule has 0 atom stereocenters. The van der Waals surface area contributed by atoms with Crippen LogP contribution in [-0.2, 0) is 4.79 Å². The molecule has 1 saturated carbocycles. The maximum Gasteiger partial charge on any atom is 0.252 e. The molecule has 1 aliphatic carbocycles. The van der Waals surface area contributed by atoms with E-state index in [9.17, 15) is 14.4 Å². The van der Waals surface area contributed by atoms with Crippen LogP contribution < -0.4 is 5.32 Å². The number of likely N-dealkylation sites (tertiary alicyclic amines) is 1. The van der Waals surface area contributed by atoms with Gasteiger partial charge in [-0.05, 0) is 44.6 Å². The Morgan fingerprint density at radius 3 is 2.58 bits per heavy atom. The summed E-state index contributed by atoms with van der Waals surface area (Å²) in [6, 6.07) is 7.29. The van der Waals surface area contributed by atoms with Gasteiger partial charge in [0.1, 0.15) is 0 Å². The Hall–Kier alpha value is -2.17. The van der Waals surface area contributed by atoms with Crippen LogP contribution in [0.5, 0.6) is 0 Å². The van der Waals surface area contributed by atoms with E-state index in [1.165, 1.54) is 0 Å². The van der Waals surface area contributed by atoms with Gasteiger partial charge < -0.3 is 10.2 Å². The summed E-state index contributed by atoms with van der Waals surface area (Å²) in [6.45, 7) is 0.882. The van der Waals surface area contributed by atoms with Gasteiger partial charge in [0.2, 0.25) is 5.91 Å². The topological polar surface area (TPSA) is 66.5 Å². The molecule has 3 rings (SSSR count). The zero-order valence-electron chi connectivity index (χ0n) is 13.9. The molecule has 24 heavy (non-hydrogen) atoms. The number of rotatable bonds is 4. The minimum absolute atomic E-state index is 0.119. The van der Waals surface area contributed by atoms with Crippen LogP contribution in [0.2, 0.25) is 0 Å². The first kappa shape index (κ1) is 16.7. The minimum Gasteiger partial charge on any atom is -0.349 e. The normalized spacial score (nSPS) is 24.5. The maximum absolute atomic E-state index is 12.4. The highest BCUT2D eigenvalue weighted by Crippen LogP contribution is 2.26. The predicted octanol–water partition coefficient (Wildman–Crippen LogP) is 2.55. The predicted molar refractivity (Wildman–Crippen MR) is 90.9 cm³/mol. The Labute approximate surface area is 142 Å². The van der Waals surface area contributed by atoms with Crippen molar-refractivity contribution in [3.63, 3.8) is 0 Å². The van der Waals surface area contributed by atoms with Crippen LogP contribution in [0.1, 0.15) is 65.7 Å². The van der Waals surface area contributed by atoms with Gasteiger partial charge >= 0.3 is 0 Å². The summed E-state index contributed by atoms with van der Waals surface area (Å²) in [5, 5.41) is 3.04. The van der Waals surface area contributed by atoms with Crippen molar-refractivity contribution < 1.29 is 14.4 Å². The highest BCUT2D eigenvalue weighted by molar-refractivity contribution is 6.01. The van der Waals surface area contributed by atoms with Crippen molar-refractivity contribution >= 4 is 18.1 Å². The zero-order chi connectivity index (χ0) is 16.9. The first-order valence-electron chi connectivity index (χ1n) is 8.83. The van der Waals surface area contributed by atoms with Gasteiger partial charge in [-0.25, -0.2) is 0 Å². The van der Waals surface area contributed by atoms with Crippen LogP contribution in [0.3, 0.4) is 0 Å². The average Bonchev–Trinajstić information content (AvgIpc) is 2.63. The van der Waals surface area contributed by atoms with Crippen molar-refractivity contribution in [3.05, 3.63) is 35.4 Å². The molecular weight excluding hydrogens is 304 g/mol. The fourth-order valence-corrected chi connectivity index (χ4v) is 3.81. The van der Waals surface area contributed by atoms with Crippen molar-refractivity contribution in [3.8, 4) is 0 Å². The standard InChI is InChI=1S/C19H24N2O3/c22-13-14-5-1-2-6-17(14)19(24)20-15-8-10-16(11-9-15)21-12-4-3-7-18(21)23/h1-2,5-6,13,15-16H,3-4,7-12H2,(H,20,24). The summed E-state index contributed by atoms with van der Waals surface area (Å²) in [5.41, 5.74) is 0.850. The fourth-order valence-electron chi connectivity index (χ4n) is 3.81. The molecule has 1 aromatic rings. The minimum atomic E-state index is -0.185. The maximum atomic E-state index is 12.4. The molecule has 1 N–H and O–H groups in total. The van der Waals surface area contributed by atoms with Gasteiger partial charge in [0.05, 0.1) is 0 Å². The summed E-state index contributed by atoms with van der Waals surface area (Å²) in [7, 11) is 0. The number of nitrogens with one attached hydrogen (secondary N) is 1. The van der Waals surface area contributed by atoms with Crippen LogP contribution in [0.15, 0.2) is 24.3 Å². The molecule has 1 aliphatic heterocycles. The number of hydrogen-bond donors (Lipinski definition) is 1. The second-order valence-corrected chi connectivity index (χ2v) is 6.73. The number of aldehydes is 1. The van der Waals surface area contributed by atoms with Gasteiger partial charge in [0.25, 0.3) is 5.91 Å². The van der Waals surface area contributed by atoms with E-state index >= 15 is 0 Å². The number of benzene rings is 1. The fraction of sp³-hybridized carbons (Fsp3) is 0.526. The first-order chi connectivity index (χ1) is 11.7. The molecule has 1 saturated heterocycles. The molecule has 0 bridgehead atoms. The molecule has 2 aliphatic rings. The molecule has 0 unspecified atom stereocenters. The Balaban J connectivity index is 1.54. The molecule has 1 heterocycles. The largest absolute Gasteiger partial charge is 0.349 e. The highest BCUT2D eigenvalue weighted by atomic mass is 16.2. The SMILES string of the molecule is O=Cc1ccccc1C(=O)NC1CCC(N2CCCCC2=O)CC1. The van der Waals surface area contributed by atoms with Crippen LogP contribution in [0.25, 0.3) is 0 Å². The molecule has 2 amide bonds. The number of nitrogens with zero attached hydrogens (tertiary/aromatic N) is 1. The third-order valence-corrected chi connectivity index (χ3v) is 5.17. The third kappa shape index (κ3) is 3.66. The average molecular weight is 328 g/mol. The molecule has 5 heteroatoms. The lowest BCUT2D eigenvalue weighted by Gasteiger charge is -2.39. The van der Waals surface area contributed by atoms with E-state index in [2.05, 4.69) is 5.32 Å². The van der Waals surface area contributed by atoms with Crippen molar-refractivity contribution in [1.82, 2.24) is 10.2 Å². The van der Waals surface area contributed by atoms with Crippen molar-refractivity contribution in [2.75, 3.05) is 6.54 Å². The van der Waals surface area contributed by atoms with Gasteiger partial charge in [0, 0.05) is 36.2 Å². The van der Waals surface area contributed by atoms with Crippen LogP contribution in [0, 0.1) is 0 Å². The molecule has 1 aromatic carbocycles. The Kier molecular flexibility index (Phi) is 5.28. The number of amides is 2. The zero-order valence-corrected chi connectivity index (χ0v) is 13.9. The summed E-state index contributed by atoms with van der Waals surface area (Å²) in [6.07, 6.45) is 7.14. The monoisotopic (exact) mass is 328 g/mol. The van der Waals surface area contributed by atoms with E-state index in [4.69, 9.17) is 0 Å². The van der Waals surface area contributed by atoms with Crippen LogP contribution >= 0.6 is 0 Å². The second-order valence-electron chi connectivity index (χ2n) is 6.73. The van der Waals surface area contributed by atoms with Crippen LogP contribution in [0.4, 0.5) is 0 Å². The third-order valence-electron chi connectivity index (χ3n) is 5.17. The van der Waals surface area contributed by atoms with Gasteiger partial charge in [-0.2, -0.15) is 0 Å². The quantitative estimate of drug-likeness (QED) is 0.864. The molecule has 2 fully saturated rings. The summed E-state index contributed by atoms with van der Waals surface area (Å²) in [4.78, 5) is 37.5. The van der Waals surface area contributed by atoms with E-state index in [0.717, 1.165) is 45.1 Å². The molecule has 0 aromatic heterocycles. The molecular formula is C19H24N2O3.